The number of nitrogens with two attached hydrogens (primary N) is 1. The van der Waals surface area contributed by atoms with Crippen LogP contribution in [-0.2, 0) is 26.0 Å². The topological polar surface area (TPSA) is 119 Å². The number of hydrogen-bond donors (Lipinski definition) is 2. The van der Waals surface area contributed by atoms with Gasteiger partial charge in [0.05, 0.1) is 17.9 Å². The van der Waals surface area contributed by atoms with Gasteiger partial charge in [-0.1, -0.05) is 17.7 Å². The van der Waals surface area contributed by atoms with Gasteiger partial charge >= 0.3 is 0 Å². The Bertz CT molecular complexity index is 1100. The van der Waals surface area contributed by atoms with E-state index in [0.29, 0.717) is 26.2 Å². The minimum Gasteiger partial charge on any atom is -0.496 e. The number of amides is 2. The lowest BCUT2D eigenvalue weighted by Crippen LogP contribution is -2.42. The fraction of sp³-hybridized carbons (Fsp3) is 0.300. The van der Waals surface area contributed by atoms with Crippen LogP contribution in [0.15, 0.2) is 41.3 Å². The zero-order valence-corrected chi connectivity index (χ0v) is 18.1. The Labute approximate surface area is 180 Å². The number of halogens is 1. The summed E-state index contributed by atoms with van der Waals surface area (Å²) in [5.41, 5.74) is 7.47. The van der Waals surface area contributed by atoms with Crippen LogP contribution in [0.4, 0.5) is 5.69 Å². The van der Waals surface area contributed by atoms with Gasteiger partial charge in [0.25, 0.3) is 10.0 Å². The predicted molar refractivity (Wildman–Crippen MR) is 113 cm³/mol. The number of nitrogens with one attached hydrogen (secondary N) is 1. The molecule has 0 aliphatic carbocycles. The van der Waals surface area contributed by atoms with Crippen LogP contribution in [-0.4, -0.2) is 44.7 Å². The Balaban J connectivity index is 1.97. The zero-order valence-electron chi connectivity index (χ0n) is 16.5. The summed E-state index contributed by atoms with van der Waals surface area (Å²) in [7, 11) is -2.78. The van der Waals surface area contributed by atoms with Gasteiger partial charge in [-0.25, -0.2) is 12.7 Å². The molecule has 0 radical (unpaired) electrons. The number of nitrogen functional groups attached to an aromatic ring is 1. The molecule has 2 aromatic rings. The maximum absolute atomic E-state index is 13.2. The molecule has 1 aliphatic rings. The lowest BCUT2D eigenvalue weighted by atomic mass is 9.98. The molecule has 1 fully saturated rings. The van der Waals surface area contributed by atoms with Crippen molar-refractivity contribution in [2.45, 2.75) is 18.2 Å². The number of nitrogens with zero attached hydrogens (tertiary/aromatic N) is 1. The van der Waals surface area contributed by atoms with Gasteiger partial charge in [0.2, 0.25) is 11.8 Å². The average Bonchev–Trinajstić information content (AvgIpc) is 2.84. The Morgan fingerprint density at radius 2 is 1.97 bits per heavy atom. The quantitative estimate of drug-likeness (QED) is 0.668. The predicted octanol–water partition coefficient (Wildman–Crippen LogP) is 1.75. The Morgan fingerprint density at radius 1 is 1.23 bits per heavy atom. The molecule has 8 nitrogen and oxygen atoms in total. The van der Waals surface area contributed by atoms with Crippen molar-refractivity contribution in [2.24, 2.45) is 5.92 Å². The van der Waals surface area contributed by atoms with E-state index in [9.17, 15) is 18.0 Å². The van der Waals surface area contributed by atoms with Crippen molar-refractivity contribution in [1.82, 2.24) is 9.62 Å². The highest BCUT2D eigenvalue weighted by Crippen LogP contribution is 2.28. The number of carbonyl (C=O) groups is 2. The van der Waals surface area contributed by atoms with Gasteiger partial charge in [0.15, 0.2) is 0 Å². The summed E-state index contributed by atoms with van der Waals surface area (Å²) in [5, 5.41) is 3.06. The minimum absolute atomic E-state index is 0.00457. The van der Waals surface area contributed by atoms with Crippen LogP contribution in [0.25, 0.3) is 0 Å². The molecule has 10 heteroatoms. The summed E-state index contributed by atoms with van der Waals surface area (Å²) in [6.45, 7) is 1.14. The first-order chi connectivity index (χ1) is 14.1. The third-order valence-electron chi connectivity index (χ3n) is 4.98. The molecule has 1 unspecified atom stereocenters. The Morgan fingerprint density at radius 3 is 2.63 bits per heavy atom. The van der Waals surface area contributed by atoms with E-state index < -0.39 is 34.3 Å². The molecule has 1 saturated heterocycles. The number of methoxy groups -OCH3 is 1. The van der Waals surface area contributed by atoms with Gasteiger partial charge in [-0.05, 0) is 54.8 Å². The van der Waals surface area contributed by atoms with E-state index >= 15 is 0 Å². The molecular weight excluding hydrogens is 430 g/mol. The monoisotopic (exact) mass is 451 g/mol. The van der Waals surface area contributed by atoms with Crippen LogP contribution in [0.2, 0.25) is 5.02 Å². The first-order valence-corrected chi connectivity index (χ1v) is 11.0. The van der Waals surface area contributed by atoms with E-state index in [1.807, 2.05) is 0 Å². The summed E-state index contributed by atoms with van der Waals surface area (Å²) in [6.07, 6.45) is 0.144. The number of rotatable bonds is 5. The fourth-order valence-corrected chi connectivity index (χ4v) is 4.87. The van der Waals surface area contributed by atoms with Crippen molar-refractivity contribution < 1.29 is 22.7 Å². The van der Waals surface area contributed by atoms with Gasteiger partial charge in [-0.15, -0.1) is 0 Å². The molecule has 1 atom stereocenters. The number of sulfonamides is 1. The molecule has 1 heterocycles. The second-order valence-electron chi connectivity index (χ2n) is 7.03. The standard InChI is InChI=1S/C20H22ClN3O5S/c1-12-3-5-16(9-17(12)22)30(27,28)24-11-19(25)23-10-14(20(24)26)7-13-8-15(21)4-6-18(13)29-2/h3-6,8-9,14H,7,10-11,22H2,1-2H3,(H,23,25). The number of hydrogen-bond acceptors (Lipinski definition) is 6. The number of ether oxygens (including phenoxy) is 1. The highest BCUT2D eigenvalue weighted by Gasteiger charge is 2.38. The molecular formula is C20H22ClN3O5S. The minimum atomic E-state index is -4.27. The number of aryl methyl sites for hydroxylation is 1. The highest BCUT2D eigenvalue weighted by molar-refractivity contribution is 7.89. The molecule has 0 bridgehead atoms. The summed E-state index contributed by atoms with van der Waals surface area (Å²) >= 11 is 6.06. The third kappa shape index (κ3) is 4.36. The molecule has 0 saturated carbocycles. The Hall–Kier alpha value is -2.78. The van der Waals surface area contributed by atoms with Crippen LogP contribution in [0.5, 0.6) is 5.75 Å². The van der Waals surface area contributed by atoms with E-state index in [4.69, 9.17) is 22.1 Å². The zero-order chi connectivity index (χ0) is 22.1. The molecule has 30 heavy (non-hydrogen) atoms. The van der Waals surface area contributed by atoms with E-state index in [1.54, 1.807) is 31.2 Å². The summed E-state index contributed by atoms with van der Waals surface area (Å²) in [5.74, 6) is -1.55. The molecule has 160 valence electrons. The number of carbonyl (C=O) groups excluding carboxylic acids is 2. The number of benzene rings is 2. The summed E-state index contributed by atoms with van der Waals surface area (Å²) in [4.78, 5) is 25.2. The van der Waals surface area contributed by atoms with Crippen molar-refractivity contribution in [1.29, 1.82) is 0 Å². The van der Waals surface area contributed by atoms with Crippen molar-refractivity contribution >= 4 is 39.1 Å². The van der Waals surface area contributed by atoms with Gasteiger partial charge in [0.1, 0.15) is 12.3 Å². The second kappa shape index (κ2) is 8.53. The summed E-state index contributed by atoms with van der Waals surface area (Å²) < 4.78 is 32.2. The second-order valence-corrected chi connectivity index (χ2v) is 9.33. The van der Waals surface area contributed by atoms with E-state index in [0.717, 1.165) is 0 Å². The fourth-order valence-electron chi connectivity index (χ4n) is 3.23. The third-order valence-corrected chi connectivity index (χ3v) is 6.95. The average molecular weight is 452 g/mol. The van der Waals surface area contributed by atoms with Crippen LogP contribution in [0.3, 0.4) is 0 Å². The molecule has 2 amide bonds. The van der Waals surface area contributed by atoms with Crippen LogP contribution in [0.1, 0.15) is 11.1 Å². The van der Waals surface area contributed by atoms with Crippen molar-refractivity contribution in [3.63, 3.8) is 0 Å². The molecule has 1 aliphatic heterocycles. The Kier molecular flexibility index (Phi) is 6.23. The molecule has 2 aromatic carbocycles. The van der Waals surface area contributed by atoms with Crippen LogP contribution in [0, 0.1) is 12.8 Å². The SMILES string of the molecule is COc1ccc(Cl)cc1CC1CNC(=O)CN(S(=O)(=O)c2ccc(C)c(N)c2)C1=O. The first kappa shape index (κ1) is 21.9. The van der Waals surface area contributed by atoms with Gasteiger partial charge < -0.3 is 15.8 Å². The largest absolute Gasteiger partial charge is 0.496 e. The van der Waals surface area contributed by atoms with Crippen LogP contribution < -0.4 is 15.8 Å². The normalized spacial score (nSPS) is 17.4. The van der Waals surface area contributed by atoms with Gasteiger partial charge in [-0.2, -0.15) is 0 Å². The van der Waals surface area contributed by atoms with Crippen LogP contribution >= 0.6 is 11.6 Å². The number of anilines is 1. The van der Waals surface area contributed by atoms with Crippen molar-refractivity contribution in [3.05, 3.63) is 52.5 Å². The van der Waals surface area contributed by atoms with E-state index in [2.05, 4.69) is 5.32 Å². The molecule has 3 rings (SSSR count). The maximum Gasteiger partial charge on any atom is 0.267 e. The van der Waals surface area contributed by atoms with Crippen molar-refractivity contribution in [2.75, 3.05) is 25.9 Å². The summed E-state index contributed by atoms with van der Waals surface area (Å²) in [6, 6.07) is 9.18. The smallest absolute Gasteiger partial charge is 0.267 e. The van der Waals surface area contributed by atoms with Gasteiger partial charge in [-0.3, -0.25) is 9.59 Å². The molecule has 0 aromatic heterocycles. The first-order valence-electron chi connectivity index (χ1n) is 9.15. The lowest BCUT2D eigenvalue weighted by molar-refractivity contribution is -0.131. The lowest BCUT2D eigenvalue weighted by Gasteiger charge is -2.23. The van der Waals surface area contributed by atoms with Crippen molar-refractivity contribution in [3.8, 4) is 5.75 Å². The molecule has 3 N–H and O–H groups in total. The highest BCUT2D eigenvalue weighted by atomic mass is 35.5. The maximum atomic E-state index is 13.2. The van der Waals surface area contributed by atoms with Gasteiger partial charge in [0, 0.05) is 17.3 Å². The van der Waals surface area contributed by atoms with E-state index in [-0.39, 0.29) is 23.5 Å². The van der Waals surface area contributed by atoms with E-state index in [1.165, 1.54) is 19.2 Å². The molecule has 0 spiro atoms.